The summed E-state index contributed by atoms with van der Waals surface area (Å²) in [5.74, 6) is 0.320. The third-order valence-electron chi connectivity index (χ3n) is 10.6. The van der Waals surface area contributed by atoms with Crippen molar-refractivity contribution in [3.63, 3.8) is 0 Å². The van der Waals surface area contributed by atoms with Gasteiger partial charge in [0, 0.05) is 11.8 Å². The van der Waals surface area contributed by atoms with Crippen molar-refractivity contribution in [2.75, 3.05) is 0 Å². The first-order valence-corrected chi connectivity index (χ1v) is 11.7. The Hall–Kier alpha value is -0.680. The zero-order chi connectivity index (χ0) is 20.9. The minimum Gasteiger partial charge on any atom is -0.390 e. The van der Waals surface area contributed by atoms with Crippen LogP contribution in [-0.2, 0) is 0 Å². The molecule has 4 heteroatoms. The van der Waals surface area contributed by atoms with Crippen LogP contribution in [0.25, 0.3) is 0 Å². The lowest BCUT2D eigenvalue weighted by atomic mass is 9.41. The van der Waals surface area contributed by atoms with Gasteiger partial charge in [-0.2, -0.15) is 0 Å². The van der Waals surface area contributed by atoms with E-state index in [1.807, 2.05) is 13.0 Å². The van der Waals surface area contributed by atoms with Crippen LogP contribution >= 0.6 is 0 Å². The van der Waals surface area contributed by atoms with E-state index in [0.29, 0.717) is 32.1 Å². The van der Waals surface area contributed by atoms with Gasteiger partial charge in [0.25, 0.3) is 0 Å². The fourth-order valence-electron chi connectivity index (χ4n) is 8.69. The summed E-state index contributed by atoms with van der Waals surface area (Å²) in [7, 11) is 0. The molecule has 0 aromatic carbocycles. The molecule has 0 bridgehead atoms. The van der Waals surface area contributed by atoms with Crippen LogP contribution in [0.2, 0.25) is 0 Å². The molecule has 0 aromatic rings. The predicted octanol–water partition coefficient (Wildman–Crippen LogP) is 3.63. The first-order valence-electron chi connectivity index (χ1n) is 11.7. The predicted molar refractivity (Wildman–Crippen MR) is 112 cm³/mol. The molecule has 0 unspecified atom stereocenters. The zero-order valence-electron chi connectivity index (χ0n) is 18.2. The van der Waals surface area contributed by atoms with Crippen molar-refractivity contribution in [3.05, 3.63) is 23.8 Å². The van der Waals surface area contributed by atoms with Crippen LogP contribution in [0, 0.1) is 22.7 Å². The quantitative estimate of drug-likeness (QED) is 0.540. The first kappa shape index (κ1) is 20.2. The van der Waals surface area contributed by atoms with Gasteiger partial charge in [-0.15, -0.1) is 0 Å². The Balaban J connectivity index is 1.53. The summed E-state index contributed by atoms with van der Waals surface area (Å²) in [5, 5.41) is 46.4. The molecule has 4 nitrogen and oxygen atoms in total. The Morgan fingerprint density at radius 2 is 1.55 bits per heavy atom. The maximum atomic E-state index is 12.2. The van der Waals surface area contributed by atoms with Crippen LogP contribution in [0.15, 0.2) is 23.8 Å². The van der Waals surface area contributed by atoms with Crippen LogP contribution in [-0.4, -0.2) is 42.8 Å². The van der Waals surface area contributed by atoms with E-state index in [1.165, 1.54) is 0 Å². The summed E-state index contributed by atoms with van der Waals surface area (Å²) >= 11 is 0. The molecule has 5 aliphatic carbocycles. The highest BCUT2D eigenvalue weighted by Gasteiger charge is 2.74. The summed E-state index contributed by atoms with van der Waals surface area (Å²) in [5.41, 5.74) is -3.42. The molecule has 0 amide bonds. The fourth-order valence-corrected chi connectivity index (χ4v) is 8.69. The molecule has 4 saturated carbocycles. The van der Waals surface area contributed by atoms with Crippen molar-refractivity contribution in [2.24, 2.45) is 22.7 Å². The molecule has 0 heterocycles. The number of fused-ring (bicyclic) bond motifs is 5. The van der Waals surface area contributed by atoms with Crippen LogP contribution in [0.3, 0.4) is 0 Å². The molecule has 29 heavy (non-hydrogen) atoms. The normalized spacial score (nSPS) is 59.1. The summed E-state index contributed by atoms with van der Waals surface area (Å²) in [6.07, 6.45) is 13.4. The Kier molecular flexibility index (Phi) is 4.02. The van der Waals surface area contributed by atoms with E-state index in [1.54, 1.807) is 0 Å². The molecular weight excluding hydrogens is 364 g/mol. The standard InChI is InChI=1S/C25H38O4/c1-20(26)12-13-21(2)18-8-10-22(3)24(28,17-6-4-5-7-17)14-15-25(22,29)19(18)9-11-23(21,27)16-20/h4,6-7,18-19,26-29H,5,8-16H2,1-3H3/t18-,19+,20-,21+,22+,23-,24+,25-/m0/s1. The van der Waals surface area contributed by atoms with Gasteiger partial charge in [0.1, 0.15) is 0 Å². The minimum atomic E-state index is -0.968. The van der Waals surface area contributed by atoms with E-state index in [0.717, 1.165) is 37.7 Å². The molecule has 0 spiro atoms. The van der Waals surface area contributed by atoms with Crippen molar-refractivity contribution < 1.29 is 20.4 Å². The average Bonchev–Trinajstić information content (AvgIpc) is 3.24. The number of hydrogen-bond acceptors (Lipinski definition) is 4. The molecule has 4 fully saturated rings. The van der Waals surface area contributed by atoms with E-state index < -0.39 is 27.8 Å². The Morgan fingerprint density at radius 1 is 0.828 bits per heavy atom. The summed E-state index contributed by atoms with van der Waals surface area (Å²) in [4.78, 5) is 0. The fraction of sp³-hybridized carbons (Fsp3) is 0.840. The van der Waals surface area contributed by atoms with Crippen molar-refractivity contribution in [2.45, 2.75) is 107 Å². The second-order valence-corrected chi connectivity index (χ2v) is 11.8. The van der Waals surface area contributed by atoms with E-state index in [-0.39, 0.29) is 17.3 Å². The second kappa shape index (κ2) is 5.76. The Labute approximate surface area is 174 Å². The number of rotatable bonds is 1. The van der Waals surface area contributed by atoms with Gasteiger partial charge in [0.2, 0.25) is 0 Å². The maximum absolute atomic E-state index is 12.2. The second-order valence-electron chi connectivity index (χ2n) is 11.8. The lowest BCUT2D eigenvalue weighted by Gasteiger charge is -2.67. The number of hydrogen-bond donors (Lipinski definition) is 4. The molecule has 5 rings (SSSR count). The molecule has 0 radical (unpaired) electrons. The smallest absolute Gasteiger partial charge is 0.0975 e. The molecule has 5 aliphatic rings. The largest absolute Gasteiger partial charge is 0.390 e. The highest BCUT2D eigenvalue weighted by atomic mass is 16.3. The van der Waals surface area contributed by atoms with Crippen LogP contribution < -0.4 is 0 Å². The molecule has 8 atom stereocenters. The summed E-state index contributed by atoms with van der Waals surface area (Å²) in [6.45, 7) is 6.16. The van der Waals surface area contributed by atoms with Gasteiger partial charge in [0.05, 0.1) is 22.4 Å². The van der Waals surface area contributed by atoms with E-state index in [4.69, 9.17) is 0 Å². The highest BCUT2D eigenvalue weighted by Crippen LogP contribution is 2.72. The lowest BCUT2D eigenvalue weighted by molar-refractivity contribution is -0.272. The lowest BCUT2D eigenvalue weighted by Crippen LogP contribution is -2.69. The van der Waals surface area contributed by atoms with E-state index in [2.05, 4.69) is 26.0 Å². The number of allylic oxidation sites excluding steroid dienone is 2. The van der Waals surface area contributed by atoms with Gasteiger partial charge >= 0.3 is 0 Å². The van der Waals surface area contributed by atoms with Crippen molar-refractivity contribution in [1.29, 1.82) is 0 Å². The van der Waals surface area contributed by atoms with Gasteiger partial charge in [0.15, 0.2) is 0 Å². The van der Waals surface area contributed by atoms with Gasteiger partial charge in [-0.1, -0.05) is 32.1 Å². The molecule has 0 aromatic heterocycles. The van der Waals surface area contributed by atoms with Crippen molar-refractivity contribution in [1.82, 2.24) is 0 Å². The summed E-state index contributed by atoms with van der Waals surface area (Å²) < 4.78 is 0. The molecule has 162 valence electrons. The molecular formula is C25H38O4. The van der Waals surface area contributed by atoms with Crippen molar-refractivity contribution in [3.8, 4) is 0 Å². The maximum Gasteiger partial charge on any atom is 0.0975 e. The van der Waals surface area contributed by atoms with Crippen molar-refractivity contribution >= 4 is 0 Å². The highest BCUT2D eigenvalue weighted by molar-refractivity contribution is 5.41. The van der Waals surface area contributed by atoms with Crippen LogP contribution in [0.4, 0.5) is 0 Å². The van der Waals surface area contributed by atoms with Gasteiger partial charge in [-0.05, 0) is 87.5 Å². The molecule has 0 aliphatic heterocycles. The minimum absolute atomic E-state index is 0.0922. The van der Waals surface area contributed by atoms with Crippen LogP contribution in [0.1, 0.15) is 85.0 Å². The van der Waals surface area contributed by atoms with Crippen LogP contribution in [0.5, 0.6) is 0 Å². The zero-order valence-corrected chi connectivity index (χ0v) is 18.2. The third kappa shape index (κ3) is 2.30. The Morgan fingerprint density at radius 3 is 2.24 bits per heavy atom. The average molecular weight is 403 g/mol. The molecule has 4 N–H and O–H groups in total. The monoisotopic (exact) mass is 402 g/mol. The Bertz CT molecular complexity index is 786. The van der Waals surface area contributed by atoms with Gasteiger partial charge in [-0.3, -0.25) is 0 Å². The SMILES string of the molecule is C[C@]1(O)CC[C@]2(C)[C@H]3CC[C@]4(C)[C@](O)(C5=CCC=C5)CC[C@]4(O)[C@@H]3CC[C@]2(O)C1. The molecule has 0 saturated heterocycles. The summed E-state index contributed by atoms with van der Waals surface area (Å²) in [6, 6.07) is 0. The van der Waals surface area contributed by atoms with Gasteiger partial charge in [-0.25, -0.2) is 0 Å². The number of aliphatic hydroxyl groups is 4. The van der Waals surface area contributed by atoms with Gasteiger partial charge < -0.3 is 20.4 Å². The van der Waals surface area contributed by atoms with E-state index in [9.17, 15) is 20.4 Å². The first-order chi connectivity index (χ1) is 13.4. The van der Waals surface area contributed by atoms with E-state index >= 15 is 0 Å². The third-order valence-corrected chi connectivity index (χ3v) is 10.6. The topological polar surface area (TPSA) is 80.9 Å².